The van der Waals surface area contributed by atoms with E-state index >= 15 is 0 Å². The molecule has 0 bridgehead atoms. The summed E-state index contributed by atoms with van der Waals surface area (Å²) in [5, 5.41) is 10.2. The number of hydrogen-bond donors (Lipinski definition) is 1. The molecule has 0 aliphatic rings. The molecular formula is C11H8ClNO. The van der Waals surface area contributed by atoms with E-state index in [9.17, 15) is 5.11 Å². The molecule has 1 heterocycles. The maximum Gasteiger partial charge on any atom is 0.141 e. The van der Waals surface area contributed by atoms with E-state index in [0.29, 0.717) is 5.02 Å². The summed E-state index contributed by atoms with van der Waals surface area (Å²) in [4.78, 5) is 3.81. The third-order valence-electron chi connectivity index (χ3n) is 1.96. The highest BCUT2D eigenvalue weighted by Crippen LogP contribution is 2.28. The van der Waals surface area contributed by atoms with Gasteiger partial charge in [0.15, 0.2) is 0 Å². The number of hydrogen-bond acceptors (Lipinski definition) is 2. The van der Waals surface area contributed by atoms with E-state index in [2.05, 4.69) is 4.98 Å². The van der Waals surface area contributed by atoms with Crippen LogP contribution in [-0.2, 0) is 0 Å². The zero-order valence-electron chi connectivity index (χ0n) is 7.31. The Morgan fingerprint density at radius 1 is 1.07 bits per heavy atom. The molecule has 1 aromatic carbocycles. The fourth-order valence-corrected chi connectivity index (χ4v) is 1.39. The highest BCUT2D eigenvalue weighted by atomic mass is 35.5. The second kappa shape index (κ2) is 3.68. The summed E-state index contributed by atoms with van der Waals surface area (Å²) in [5.41, 5.74) is 1.69. The summed E-state index contributed by atoms with van der Waals surface area (Å²) in [6.45, 7) is 0. The van der Waals surface area contributed by atoms with Crippen molar-refractivity contribution in [3.63, 3.8) is 0 Å². The highest BCUT2D eigenvalue weighted by Gasteiger charge is 2.02. The van der Waals surface area contributed by atoms with Crippen molar-refractivity contribution < 1.29 is 5.11 Å². The van der Waals surface area contributed by atoms with Crippen LogP contribution >= 0.6 is 11.6 Å². The maximum atomic E-state index is 9.54. The number of benzene rings is 1. The van der Waals surface area contributed by atoms with Crippen LogP contribution in [0.1, 0.15) is 0 Å². The van der Waals surface area contributed by atoms with E-state index < -0.39 is 0 Å². The molecule has 0 radical (unpaired) electrons. The van der Waals surface area contributed by atoms with Gasteiger partial charge in [0.05, 0.1) is 6.20 Å². The minimum atomic E-state index is 0.176. The molecule has 14 heavy (non-hydrogen) atoms. The van der Waals surface area contributed by atoms with Crippen molar-refractivity contribution in [2.45, 2.75) is 0 Å². The van der Waals surface area contributed by atoms with Gasteiger partial charge >= 0.3 is 0 Å². The van der Waals surface area contributed by atoms with Crippen LogP contribution in [0.5, 0.6) is 5.75 Å². The summed E-state index contributed by atoms with van der Waals surface area (Å²) in [6.07, 6.45) is 3.06. The van der Waals surface area contributed by atoms with Gasteiger partial charge in [0, 0.05) is 16.8 Å². The summed E-state index contributed by atoms with van der Waals surface area (Å²) in [7, 11) is 0. The van der Waals surface area contributed by atoms with Crippen LogP contribution in [0.3, 0.4) is 0 Å². The Labute approximate surface area is 86.8 Å². The van der Waals surface area contributed by atoms with Gasteiger partial charge in [-0.2, -0.15) is 0 Å². The number of rotatable bonds is 1. The number of aromatic hydroxyl groups is 1. The lowest BCUT2D eigenvalue weighted by Gasteiger charge is -2.03. The molecule has 0 amide bonds. The topological polar surface area (TPSA) is 33.1 Å². The van der Waals surface area contributed by atoms with Crippen LogP contribution in [0.4, 0.5) is 0 Å². The van der Waals surface area contributed by atoms with Crippen molar-refractivity contribution in [1.82, 2.24) is 4.98 Å². The average Bonchev–Trinajstić information content (AvgIpc) is 2.20. The van der Waals surface area contributed by atoms with Crippen molar-refractivity contribution in [2.75, 3.05) is 0 Å². The first-order valence-electron chi connectivity index (χ1n) is 4.16. The molecule has 0 saturated heterocycles. The minimum Gasteiger partial charge on any atom is -0.506 e. The van der Waals surface area contributed by atoms with Crippen LogP contribution in [0.15, 0.2) is 42.7 Å². The third-order valence-corrected chi connectivity index (χ3v) is 2.21. The maximum absolute atomic E-state index is 9.54. The average molecular weight is 206 g/mol. The lowest BCUT2D eigenvalue weighted by Crippen LogP contribution is -1.79. The summed E-state index contributed by atoms with van der Waals surface area (Å²) < 4.78 is 0. The first-order chi connectivity index (χ1) is 6.77. The molecule has 1 aromatic heterocycles. The van der Waals surface area contributed by atoms with Gasteiger partial charge < -0.3 is 5.11 Å². The Balaban J connectivity index is 2.50. The van der Waals surface area contributed by atoms with E-state index in [4.69, 9.17) is 11.6 Å². The molecule has 3 heteroatoms. The second-order valence-corrected chi connectivity index (χ2v) is 3.34. The second-order valence-electron chi connectivity index (χ2n) is 2.90. The number of nitrogens with zero attached hydrogens (tertiary/aromatic N) is 1. The molecule has 0 aliphatic heterocycles. The van der Waals surface area contributed by atoms with E-state index in [1.54, 1.807) is 24.4 Å². The van der Waals surface area contributed by atoms with Gasteiger partial charge in [0.2, 0.25) is 0 Å². The van der Waals surface area contributed by atoms with Gasteiger partial charge in [-0.3, -0.25) is 4.98 Å². The van der Waals surface area contributed by atoms with Crippen molar-refractivity contribution in [3.05, 3.63) is 47.7 Å². The molecule has 2 nitrogen and oxygen atoms in total. The van der Waals surface area contributed by atoms with Crippen LogP contribution in [0.25, 0.3) is 11.1 Å². The lowest BCUT2D eigenvalue weighted by atomic mass is 10.1. The van der Waals surface area contributed by atoms with E-state index in [1.165, 1.54) is 6.20 Å². The van der Waals surface area contributed by atoms with Gasteiger partial charge in [-0.1, -0.05) is 23.7 Å². The summed E-state index contributed by atoms with van der Waals surface area (Å²) >= 11 is 5.76. The number of halogens is 1. The lowest BCUT2D eigenvalue weighted by molar-refractivity contribution is 0.475. The smallest absolute Gasteiger partial charge is 0.141 e. The van der Waals surface area contributed by atoms with Crippen molar-refractivity contribution in [2.24, 2.45) is 0 Å². The van der Waals surface area contributed by atoms with Crippen molar-refractivity contribution in [3.8, 4) is 16.9 Å². The molecule has 0 aliphatic carbocycles. The minimum absolute atomic E-state index is 0.176. The Kier molecular flexibility index (Phi) is 2.37. The monoisotopic (exact) mass is 205 g/mol. The Bertz CT molecular complexity index is 439. The third kappa shape index (κ3) is 1.70. The quantitative estimate of drug-likeness (QED) is 0.776. The largest absolute Gasteiger partial charge is 0.506 e. The van der Waals surface area contributed by atoms with E-state index in [1.807, 2.05) is 12.1 Å². The van der Waals surface area contributed by atoms with Gasteiger partial charge in [-0.25, -0.2) is 0 Å². The molecule has 2 rings (SSSR count). The first kappa shape index (κ1) is 9.03. The molecule has 0 spiro atoms. The predicted molar refractivity (Wildman–Crippen MR) is 56.3 cm³/mol. The van der Waals surface area contributed by atoms with Crippen LogP contribution in [0.2, 0.25) is 5.02 Å². The number of aromatic nitrogens is 1. The van der Waals surface area contributed by atoms with Gasteiger partial charge in [-0.15, -0.1) is 0 Å². The Morgan fingerprint density at radius 3 is 2.43 bits per heavy atom. The van der Waals surface area contributed by atoms with Crippen LogP contribution < -0.4 is 0 Å². The molecule has 0 atom stereocenters. The first-order valence-corrected chi connectivity index (χ1v) is 4.54. The van der Waals surface area contributed by atoms with Crippen LogP contribution in [0, 0.1) is 0 Å². The molecule has 1 N–H and O–H groups in total. The zero-order valence-corrected chi connectivity index (χ0v) is 8.07. The van der Waals surface area contributed by atoms with Gasteiger partial charge in [-0.05, 0) is 23.8 Å². The van der Waals surface area contributed by atoms with Crippen molar-refractivity contribution in [1.29, 1.82) is 0 Å². The highest BCUT2D eigenvalue weighted by molar-refractivity contribution is 6.30. The number of pyridine rings is 1. The molecule has 2 aromatic rings. The van der Waals surface area contributed by atoms with Crippen LogP contribution in [-0.4, -0.2) is 10.1 Å². The summed E-state index contributed by atoms with van der Waals surface area (Å²) in [5.74, 6) is 0.176. The SMILES string of the molecule is Oc1cnccc1-c1ccc(Cl)cc1. The van der Waals surface area contributed by atoms with E-state index in [-0.39, 0.29) is 5.75 Å². The molecular weight excluding hydrogens is 198 g/mol. The predicted octanol–water partition coefficient (Wildman–Crippen LogP) is 3.11. The Morgan fingerprint density at radius 2 is 1.79 bits per heavy atom. The van der Waals surface area contributed by atoms with Gasteiger partial charge in [0.25, 0.3) is 0 Å². The molecule has 0 unspecified atom stereocenters. The normalized spacial score (nSPS) is 10.1. The molecule has 0 fully saturated rings. The van der Waals surface area contributed by atoms with Gasteiger partial charge in [0.1, 0.15) is 5.75 Å². The zero-order chi connectivity index (χ0) is 9.97. The molecule has 0 saturated carbocycles. The Hall–Kier alpha value is -1.54. The van der Waals surface area contributed by atoms with E-state index in [0.717, 1.165) is 11.1 Å². The van der Waals surface area contributed by atoms with Crippen molar-refractivity contribution >= 4 is 11.6 Å². The summed E-state index contributed by atoms with van der Waals surface area (Å²) in [6, 6.07) is 9.06. The standard InChI is InChI=1S/C11H8ClNO/c12-9-3-1-8(2-4-9)10-5-6-13-7-11(10)14/h1-7,14H. The fraction of sp³-hybridized carbons (Fsp3) is 0. The molecule has 70 valence electrons. The fourth-order valence-electron chi connectivity index (χ4n) is 1.26.